The molecule has 1 heteroatoms. The molecule has 0 aromatic heterocycles. The van der Waals surface area contributed by atoms with Crippen molar-refractivity contribution in [3.05, 3.63) is 0 Å². The average Bonchev–Trinajstić information content (AvgIpc) is 2.35. The molecule has 0 radical (unpaired) electrons. The summed E-state index contributed by atoms with van der Waals surface area (Å²) in [5.41, 5.74) is 0. The second-order valence-electron chi connectivity index (χ2n) is 5.91. The highest BCUT2D eigenvalue weighted by Gasteiger charge is 2.23. The van der Waals surface area contributed by atoms with Crippen molar-refractivity contribution < 1.29 is 22.6 Å². The van der Waals surface area contributed by atoms with E-state index in [-0.39, 0.29) is 0 Å². The topological polar surface area (TPSA) is 0 Å². The predicted molar refractivity (Wildman–Crippen MR) is 74.4 cm³/mol. The lowest BCUT2D eigenvalue weighted by molar-refractivity contribution is -0.426. The van der Waals surface area contributed by atoms with E-state index in [2.05, 4.69) is 29.5 Å². The highest BCUT2D eigenvalue weighted by molar-refractivity contribution is 4.70. The molecule has 0 amide bonds. The van der Waals surface area contributed by atoms with Crippen LogP contribution < -0.4 is 22.6 Å². The summed E-state index contributed by atoms with van der Waals surface area (Å²) in [5, 5.41) is 0. The summed E-state index contributed by atoms with van der Waals surface area (Å²) < 4.78 is 1.03. The first kappa shape index (κ1) is 15.8. The van der Waals surface area contributed by atoms with E-state index in [1.165, 1.54) is 83.5 Å². The van der Waals surface area contributed by atoms with Gasteiger partial charge >= 0.3 is 0 Å². The average molecular weight is 351 g/mol. The van der Waals surface area contributed by atoms with Gasteiger partial charge in [-0.3, -0.25) is 0 Å². The second kappa shape index (κ2) is 10.6. The summed E-state index contributed by atoms with van der Waals surface area (Å²) in [5.74, 6) is 1.09. The minimum Gasteiger partial charge on any atom is -0.0654 e. The molecule has 1 aliphatic carbocycles. The first-order chi connectivity index (χ1) is 8.33. The molecular weight excluding hydrogens is 319 g/mol. The standard InChI is InChI=1S/C16H32I/c1-2-3-4-5-6-7-8-9-10-15-11-13-16(17)14-12-15/h15-17H,2-14H2,1H3/q+1. The lowest BCUT2D eigenvalue weighted by Gasteiger charge is -2.21. The zero-order chi connectivity index (χ0) is 12.3. The molecule has 0 N–H and O–H groups in total. The molecule has 0 unspecified atom stereocenters. The third kappa shape index (κ3) is 8.45. The van der Waals surface area contributed by atoms with Gasteiger partial charge in [0.15, 0.2) is 3.92 Å². The molecule has 17 heavy (non-hydrogen) atoms. The van der Waals surface area contributed by atoms with Crippen molar-refractivity contribution >= 4 is 0 Å². The van der Waals surface area contributed by atoms with Gasteiger partial charge in [0.25, 0.3) is 22.6 Å². The van der Waals surface area contributed by atoms with Gasteiger partial charge in [0, 0.05) is 0 Å². The van der Waals surface area contributed by atoms with Crippen LogP contribution in [0.5, 0.6) is 0 Å². The monoisotopic (exact) mass is 351 g/mol. The molecule has 0 nitrogen and oxygen atoms in total. The molecule has 1 saturated carbocycles. The van der Waals surface area contributed by atoms with Crippen LogP contribution in [0, 0.1) is 5.92 Å². The van der Waals surface area contributed by atoms with E-state index in [1.54, 1.807) is 0 Å². The summed E-state index contributed by atoms with van der Waals surface area (Å²) in [6, 6.07) is 0. The van der Waals surface area contributed by atoms with Crippen molar-refractivity contribution in [1.29, 1.82) is 0 Å². The Morgan fingerprint density at radius 1 is 0.765 bits per heavy atom. The number of hydrogen-bond donors (Lipinski definition) is 0. The van der Waals surface area contributed by atoms with E-state index < -0.39 is 0 Å². The van der Waals surface area contributed by atoms with Gasteiger partial charge in [0.05, 0.1) is 0 Å². The van der Waals surface area contributed by atoms with E-state index in [9.17, 15) is 0 Å². The highest BCUT2D eigenvalue weighted by atomic mass is 127. The molecule has 0 aromatic carbocycles. The summed E-state index contributed by atoms with van der Waals surface area (Å²) in [7, 11) is 0. The van der Waals surface area contributed by atoms with Gasteiger partial charge in [-0.25, -0.2) is 0 Å². The molecule has 102 valence electrons. The van der Waals surface area contributed by atoms with Crippen LogP contribution in [0.15, 0.2) is 0 Å². The number of halogens is 1. The maximum Gasteiger partial charge on any atom is 0.255 e. The normalized spacial score (nSPS) is 25.1. The summed E-state index contributed by atoms with van der Waals surface area (Å²) in [4.78, 5) is 0. The van der Waals surface area contributed by atoms with Crippen molar-refractivity contribution in [2.75, 3.05) is 0 Å². The quantitative estimate of drug-likeness (QED) is 0.340. The van der Waals surface area contributed by atoms with Crippen LogP contribution in [0.3, 0.4) is 0 Å². The highest BCUT2D eigenvalue weighted by Crippen LogP contribution is 2.26. The Morgan fingerprint density at radius 3 is 1.88 bits per heavy atom. The summed E-state index contributed by atoms with van der Waals surface area (Å²) in [6.45, 7) is 2.30. The Labute approximate surface area is 122 Å². The van der Waals surface area contributed by atoms with E-state index in [4.69, 9.17) is 0 Å². The summed E-state index contributed by atoms with van der Waals surface area (Å²) >= 11 is 2.35. The van der Waals surface area contributed by atoms with E-state index in [0.717, 1.165) is 9.84 Å². The molecule has 0 aromatic rings. The van der Waals surface area contributed by atoms with Crippen LogP contribution in [0.2, 0.25) is 0 Å². The summed E-state index contributed by atoms with van der Waals surface area (Å²) in [6.07, 6.45) is 19.4. The first-order valence-corrected chi connectivity index (χ1v) is 9.33. The molecule has 0 spiro atoms. The van der Waals surface area contributed by atoms with Gasteiger partial charge in [-0.05, 0) is 31.6 Å². The third-order valence-corrected chi connectivity index (χ3v) is 5.61. The largest absolute Gasteiger partial charge is 0.255 e. The van der Waals surface area contributed by atoms with E-state index >= 15 is 0 Å². The molecule has 0 saturated heterocycles. The first-order valence-electron chi connectivity index (χ1n) is 7.98. The number of unbranched alkanes of at least 4 members (excludes halogenated alkanes) is 7. The number of alkyl halides is 1. The van der Waals surface area contributed by atoms with Crippen LogP contribution in [0.1, 0.15) is 90.4 Å². The number of rotatable bonds is 9. The fraction of sp³-hybridized carbons (Fsp3) is 1.00. The van der Waals surface area contributed by atoms with Gasteiger partial charge in [0.1, 0.15) is 0 Å². The number of hydrogen-bond acceptors (Lipinski definition) is 0. The molecule has 0 bridgehead atoms. The van der Waals surface area contributed by atoms with Gasteiger partial charge < -0.3 is 0 Å². The van der Waals surface area contributed by atoms with Crippen LogP contribution in [-0.4, -0.2) is 3.92 Å². The molecule has 1 rings (SSSR count). The molecule has 1 fully saturated rings. The van der Waals surface area contributed by atoms with Crippen molar-refractivity contribution in [3.8, 4) is 0 Å². The van der Waals surface area contributed by atoms with Crippen molar-refractivity contribution in [2.45, 2.75) is 94.3 Å². The fourth-order valence-corrected chi connectivity index (χ4v) is 3.76. The fourth-order valence-electron chi connectivity index (χ4n) is 2.99. The van der Waals surface area contributed by atoms with Crippen LogP contribution in [-0.2, 0) is 0 Å². The van der Waals surface area contributed by atoms with Crippen molar-refractivity contribution in [2.24, 2.45) is 5.92 Å². The Bertz CT molecular complexity index is 159. The van der Waals surface area contributed by atoms with Gasteiger partial charge in [-0.1, -0.05) is 64.7 Å². The predicted octanol–water partition coefficient (Wildman–Crippen LogP) is 2.36. The smallest absolute Gasteiger partial charge is 0.0654 e. The Hall–Kier alpha value is 0.730. The Kier molecular flexibility index (Phi) is 9.87. The minimum absolute atomic E-state index is 1.03. The SMILES string of the molecule is CCCCCCCCCCC1CCC([IH+])CC1. The molecular formula is C16H32I+. The van der Waals surface area contributed by atoms with E-state index in [0.29, 0.717) is 0 Å². The van der Waals surface area contributed by atoms with Crippen LogP contribution >= 0.6 is 0 Å². The molecule has 0 atom stereocenters. The van der Waals surface area contributed by atoms with Crippen molar-refractivity contribution in [3.63, 3.8) is 0 Å². The lowest BCUT2D eigenvalue weighted by Crippen LogP contribution is -3.39. The Balaban J connectivity index is 1.81. The molecule has 1 aliphatic rings. The lowest BCUT2D eigenvalue weighted by atomic mass is 9.85. The van der Waals surface area contributed by atoms with Gasteiger partial charge in [-0.2, -0.15) is 0 Å². The maximum atomic E-state index is 2.35. The minimum atomic E-state index is 1.03. The maximum absolute atomic E-state index is 2.35. The van der Waals surface area contributed by atoms with Gasteiger partial charge in [0.2, 0.25) is 0 Å². The third-order valence-electron chi connectivity index (χ3n) is 4.26. The second-order valence-corrected chi connectivity index (χ2v) is 7.81. The van der Waals surface area contributed by atoms with Crippen molar-refractivity contribution in [1.82, 2.24) is 0 Å². The zero-order valence-electron chi connectivity index (χ0n) is 11.8. The molecule has 0 aliphatic heterocycles. The zero-order valence-corrected chi connectivity index (χ0v) is 14.1. The van der Waals surface area contributed by atoms with Crippen LogP contribution in [0.25, 0.3) is 0 Å². The molecule has 0 heterocycles. The van der Waals surface area contributed by atoms with Crippen LogP contribution in [0.4, 0.5) is 0 Å². The van der Waals surface area contributed by atoms with E-state index in [1.807, 2.05) is 0 Å². The Morgan fingerprint density at radius 2 is 1.29 bits per heavy atom. The van der Waals surface area contributed by atoms with Gasteiger partial charge in [-0.15, -0.1) is 0 Å².